The largest absolute Gasteiger partial charge is 0.350 e. The average Bonchev–Trinajstić information content (AvgIpc) is 3.48. The Hall–Kier alpha value is -1.61. The fourth-order valence-corrected chi connectivity index (χ4v) is 8.16. The van der Waals surface area contributed by atoms with Gasteiger partial charge in [0.15, 0.2) is 5.72 Å². The number of allylic oxidation sites excluding steroid dienone is 2. The molecule has 7 rings (SSSR count). The maximum atomic E-state index is 13.9. The summed E-state index contributed by atoms with van der Waals surface area (Å²) in [6.07, 6.45) is 9.81. The molecule has 0 unspecified atom stereocenters. The van der Waals surface area contributed by atoms with Crippen LogP contribution < -0.4 is 0 Å². The predicted octanol–water partition coefficient (Wildman–Crippen LogP) is 3.87. The van der Waals surface area contributed by atoms with Gasteiger partial charge in [0, 0.05) is 23.4 Å². The van der Waals surface area contributed by atoms with Crippen LogP contribution in [-0.4, -0.2) is 23.5 Å². The molecule has 2 heterocycles. The number of ether oxygens (including phenoxy) is 1. The van der Waals surface area contributed by atoms with Crippen LogP contribution in [0.5, 0.6) is 0 Å². The number of hydrogen-bond donors (Lipinski definition) is 0. The van der Waals surface area contributed by atoms with Crippen LogP contribution in [0, 0.1) is 48.3 Å². The molecule has 2 saturated heterocycles. The third-order valence-corrected chi connectivity index (χ3v) is 9.09. The Morgan fingerprint density at radius 2 is 1.81 bits per heavy atom. The predicted molar refractivity (Wildman–Crippen MR) is 101 cm³/mol. The number of carbonyl (C=O) groups is 1. The Morgan fingerprint density at radius 1 is 1.04 bits per heavy atom. The molecule has 3 nitrogen and oxygen atoms in total. The maximum Gasteiger partial charge on any atom is 0.229 e. The van der Waals surface area contributed by atoms with Crippen LogP contribution >= 0.6 is 0 Å². The topological polar surface area (TPSA) is 29.5 Å². The zero-order chi connectivity index (χ0) is 17.9. The third-order valence-electron chi connectivity index (χ3n) is 9.09. The highest BCUT2D eigenvalue weighted by molar-refractivity contribution is 5.85. The van der Waals surface area contributed by atoms with Gasteiger partial charge in [0.1, 0.15) is 0 Å². The standard InChI is InChI=1S/C24H27NO2/c1-13-2-8-18(9-3-13)24-21-16-6-5-15(11-16)20(21)23(26)25(24)22-17-7-4-14(10-17)19(22)12-27-24/h2-3,5-6,8-9,14-17,19-22H,4,7,10-12H2,1H3/t14-,15-,16+,17+,19+,20+,21-,22-,24+/m0/s1. The molecule has 27 heavy (non-hydrogen) atoms. The van der Waals surface area contributed by atoms with Crippen molar-refractivity contribution in [1.82, 2.24) is 4.90 Å². The van der Waals surface area contributed by atoms with Gasteiger partial charge in [-0.1, -0.05) is 42.0 Å². The number of hydrogen-bond acceptors (Lipinski definition) is 2. The van der Waals surface area contributed by atoms with Crippen molar-refractivity contribution >= 4 is 5.91 Å². The van der Waals surface area contributed by atoms with Crippen LogP contribution in [0.2, 0.25) is 0 Å². The molecule has 0 N–H and O–H groups in total. The third kappa shape index (κ3) is 1.64. The monoisotopic (exact) mass is 361 g/mol. The van der Waals surface area contributed by atoms with Crippen LogP contribution in [0.15, 0.2) is 36.4 Å². The minimum Gasteiger partial charge on any atom is -0.350 e. The molecule has 3 heteroatoms. The molecule has 0 radical (unpaired) electrons. The van der Waals surface area contributed by atoms with E-state index < -0.39 is 5.72 Å². The first-order chi connectivity index (χ1) is 13.2. The van der Waals surface area contributed by atoms with Gasteiger partial charge in [-0.3, -0.25) is 4.79 Å². The fraction of sp³-hybridized carbons (Fsp3) is 0.625. The molecule has 1 aromatic carbocycles. The summed E-state index contributed by atoms with van der Waals surface area (Å²) in [6, 6.07) is 9.28. The zero-order valence-electron chi connectivity index (χ0n) is 15.9. The minimum atomic E-state index is -0.523. The zero-order valence-corrected chi connectivity index (χ0v) is 15.9. The van der Waals surface area contributed by atoms with Crippen molar-refractivity contribution in [2.24, 2.45) is 41.4 Å². The van der Waals surface area contributed by atoms with Crippen molar-refractivity contribution in [3.05, 3.63) is 47.5 Å². The first kappa shape index (κ1) is 15.3. The van der Waals surface area contributed by atoms with E-state index in [1.54, 1.807) is 0 Å². The lowest BCUT2D eigenvalue weighted by Gasteiger charge is -2.54. The molecule has 2 aliphatic heterocycles. The van der Waals surface area contributed by atoms with Gasteiger partial charge in [-0.15, -0.1) is 0 Å². The molecule has 140 valence electrons. The summed E-state index contributed by atoms with van der Waals surface area (Å²) >= 11 is 0. The summed E-state index contributed by atoms with van der Waals surface area (Å²) in [6.45, 7) is 2.98. The Balaban J connectivity index is 1.44. The molecule has 9 atom stereocenters. The Labute approximate surface area is 160 Å². The second-order valence-electron chi connectivity index (χ2n) is 10.1. The van der Waals surface area contributed by atoms with Crippen LogP contribution in [0.4, 0.5) is 0 Å². The molecular formula is C24H27NO2. The van der Waals surface area contributed by atoms with Gasteiger partial charge in [-0.2, -0.15) is 0 Å². The number of fused-ring (bicyclic) bond motifs is 13. The number of carbonyl (C=O) groups excluding carboxylic acids is 1. The Morgan fingerprint density at radius 3 is 2.67 bits per heavy atom. The van der Waals surface area contributed by atoms with Crippen molar-refractivity contribution in [2.75, 3.05) is 6.61 Å². The molecular weight excluding hydrogens is 334 g/mol. The highest BCUT2D eigenvalue weighted by Gasteiger charge is 2.73. The Bertz CT molecular complexity index is 860. The summed E-state index contributed by atoms with van der Waals surface area (Å²) < 4.78 is 6.89. The smallest absolute Gasteiger partial charge is 0.229 e. The molecule has 1 amide bonds. The van der Waals surface area contributed by atoms with Gasteiger partial charge in [0.25, 0.3) is 0 Å². The van der Waals surface area contributed by atoms with Crippen molar-refractivity contribution < 1.29 is 9.53 Å². The van der Waals surface area contributed by atoms with E-state index in [-0.39, 0.29) is 5.92 Å². The summed E-state index contributed by atoms with van der Waals surface area (Å²) in [7, 11) is 0. The average molecular weight is 361 g/mol. The van der Waals surface area contributed by atoms with E-state index in [9.17, 15) is 4.79 Å². The van der Waals surface area contributed by atoms with Gasteiger partial charge in [0.2, 0.25) is 5.91 Å². The molecule has 1 aromatic rings. The highest BCUT2D eigenvalue weighted by atomic mass is 16.5. The van der Waals surface area contributed by atoms with Crippen LogP contribution in [0.1, 0.15) is 36.8 Å². The van der Waals surface area contributed by atoms with E-state index in [1.165, 1.54) is 30.4 Å². The van der Waals surface area contributed by atoms with E-state index in [2.05, 4.69) is 48.2 Å². The summed E-state index contributed by atoms with van der Waals surface area (Å²) in [5.41, 5.74) is 1.96. The number of benzene rings is 1. The van der Waals surface area contributed by atoms with E-state index in [0.29, 0.717) is 41.5 Å². The lowest BCUT2D eigenvalue weighted by Crippen LogP contribution is -2.62. The summed E-state index contributed by atoms with van der Waals surface area (Å²) in [5.74, 6) is 3.80. The SMILES string of the molecule is Cc1ccc([C@]23OC[C@@H]4[C@H]5CC[C@H](C5)[C@@H]4N2C(=O)[C@H]2[C@@H]3[C@@H]3C=C[C@H]2C3)cc1. The van der Waals surface area contributed by atoms with E-state index in [4.69, 9.17) is 4.74 Å². The number of amides is 1. The highest BCUT2D eigenvalue weighted by Crippen LogP contribution is 2.67. The van der Waals surface area contributed by atoms with Gasteiger partial charge < -0.3 is 9.64 Å². The van der Waals surface area contributed by atoms with Crippen molar-refractivity contribution in [1.29, 1.82) is 0 Å². The van der Waals surface area contributed by atoms with Gasteiger partial charge in [-0.05, 0) is 56.3 Å². The van der Waals surface area contributed by atoms with Crippen molar-refractivity contribution in [2.45, 2.75) is 44.4 Å². The van der Waals surface area contributed by atoms with Crippen LogP contribution in [0.25, 0.3) is 0 Å². The summed E-state index contributed by atoms with van der Waals surface area (Å²) in [4.78, 5) is 16.2. The van der Waals surface area contributed by atoms with Gasteiger partial charge in [0.05, 0.1) is 12.5 Å². The van der Waals surface area contributed by atoms with Gasteiger partial charge >= 0.3 is 0 Å². The van der Waals surface area contributed by atoms with E-state index in [1.807, 2.05) is 0 Å². The van der Waals surface area contributed by atoms with Crippen molar-refractivity contribution in [3.8, 4) is 0 Å². The lowest BCUT2D eigenvalue weighted by molar-refractivity contribution is -0.244. The first-order valence-electron chi connectivity index (χ1n) is 10.9. The molecule has 0 aromatic heterocycles. The van der Waals surface area contributed by atoms with E-state index >= 15 is 0 Å². The first-order valence-corrected chi connectivity index (χ1v) is 10.9. The summed E-state index contributed by atoms with van der Waals surface area (Å²) in [5, 5.41) is 0. The quantitative estimate of drug-likeness (QED) is 0.711. The molecule has 0 spiro atoms. The second-order valence-corrected chi connectivity index (χ2v) is 10.1. The number of rotatable bonds is 1. The second kappa shape index (κ2) is 4.86. The van der Waals surface area contributed by atoms with Crippen LogP contribution in [-0.2, 0) is 15.3 Å². The maximum absolute atomic E-state index is 13.9. The number of aryl methyl sites for hydroxylation is 1. The van der Waals surface area contributed by atoms with Crippen LogP contribution in [0.3, 0.4) is 0 Å². The van der Waals surface area contributed by atoms with E-state index in [0.717, 1.165) is 18.9 Å². The molecule has 6 aliphatic rings. The minimum absolute atomic E-state index is 0.138. The molecule has 5 fully saturated rings. The van der Waals surface area contributed by atoms with Crippen molar-refractivity contribution in [3.63, 3.8) is 0 Å². The molecule has 4 aliphatic carbocycles. The Kier molecular flexibility index (Phi) is 2.76. The fourth-order valence-electron chi connectivity index (χ4n) is 8.16. The normalized spacial score (nSPS) is 51.0. The lowest BCUT2D eigenvalue weighted by atomic mass is 9.74. The number of nitrogens with zero attached hydrogens (tertiary/aromatic N) is 1. The van der Waals surface area contributed by atoms with Gasteiger partial charge in [-0.25, -0.2) is 0 Å². The molecule has 4 bridgehead atoms. The molecule has 3 saturated carbocycles.